The summed E-state index contributed by atoms with van der Waals surface area (Å²) in [6, 6.07) is 9.30. The second kappa shape index (κ2) is 4.09. The molecule has 1 aliphatic rings. The van der Waals surface area contributed by atoms with E-state index in [4.69, 9.17) is 0 Å². The van der Waals surface area contributed by atoms with Crippen LogP contribution in [0.5, 0.6) is 0 Å². The van der Waals surface area contributed by atoms with Crippen LogP contribution in [0.4, 0.5) is 0 Å². The molecule has 0 spiro atoms. The molecule has 0 aliphatic heterocycles. The van der Waals surface area contributed by atoms with E-state index in [1.165, 1.54) is 0 Å². The molecule has 1 aromatic carbocycles. The molecule has 0 fully saturated rings. The van der Waals surface area contributed by atoms with Gasteiger partial charge in [0.15, 0.2) is 0 Å². The number of carbonyl (C=O) groups is 1. The third-order valence-electron chi connectivity index (χ3n) is 2.35. The molecule has 0 unspecified atom stereocenters. The molecule has 0 bridgehead atoms. The number of carbonyl (C=O) groups excluding carboxylic acids is 1. The molecule has 2 heteroatoms. The number of rotatable bonds is 2. The summed E-state index contributed by atoms with van der Waals surface area (Å²) in [5, 5.41) is 2.92. The van der Waals surface area contributed by atoms with E-state index in [1.54, 1.807) is 0 Å². The summed E-state index contributed by atoms with van der Waals surface area (Å²) in [7, 11) is 0. The summed E-state index contributed by atoms with van der Waals surface area (Å²) < 4.78 is 0. The average molecular weight is 187 g/mol. The lowest BCUT2D eigenvalue weighted by atomic mass is 10.2. The zero-order chi connectivity index (χ0) is 9.80. The third kappa shape index (κ3) is 2.02. The largest absolute Gasteiger partial charge is 0.326 e. The van der Waals surface area contributed by atoms with Gasteiger partial charge in [0.25, 0.3) is 5.91 Å². The second-order valence-electron chi connectivity index (χ2n) is 3.44. The molecule has 1 N–H and O–H groups in total. The molecule has 0 saturated heterocycles. The van der Waals surface area contributed by atoms with Crippen LogP contribution in [0.25, 0.3) is 0 Å². The van der Waals surface area contributed by atoms with Gasteiger partial charge in [0.2, 0.25) is 0 Å². The van der Waals surface area contributed by atoms with E-state index in [0.29, 0.717) is 0 Å². The fourth-order valence-corrected chi connectivity index (χ4v) is 1.59. The van der Waals surface area contributed by atoms with Gasteiger partial charge < -0.3 is 5.32 Å². The van der Waals surface area contributed by atoms with Crippen molar-refractivity contribution < 1.29 is 4.79 Å². The minimum absolute atomic E-state index is 0.00116. The number of benzene rings is 1. The normalized spacial score (nSPS) is 15.0. The highest BCUT2D eigenvalue weighted by Crippen LogP contribution is 2.15. The average Bonchev–Trinajstić information content (AvgIpc) is 2.72. The molecular weight excluding hydrogens is 174 g/mol. The summed E-state index contributed by atoms with van der Waals surface area (Å²) in [6.07, 6.45) is 5.34. The Morgan fingerprint density at radius 2 is 2.00 bits per heavy atom. The highest BCUT2D eigenvalue weighted by Gasteiger charge is 2.09. The lowest BCUT2D eigenvalue weighted by Crippen LogP contribution is -2.21. The van der Waals surface area contributed by atoms with Crippen molar-refractivity contribution in [1.29, 1.82) is 0 Å². The first kappa shape index (κ1) is 9.00. The van der Waals surface area contributed by atoms with Gasteiger partial charge in [-0.1, -0.05) is 24.3 Å². The van der Waals surface area contributed by atoms with Crippen LogP contribution in [0, 0.1) is 0 Å². The standard InChI is InChI=1S/C12H13NO/c14-12(10-6-2-1-3-7-10)13-11-8-4-5-9-11/h1-3,6-8H,4-5,9H2,(H,13,14). The van der Waals surface area contributed by atoms with Crippen LogP contribution >= 0.6 is 0 Å². The predicted molar refractivity (Wildman–Crippen MR) is 55.8 cm³/mol. The fraction of sp³-hybridized carbons (Fsp3) is 0.250. The van der Waals surface area contributed by atoms with E-state index < -0.39 is 0 Å². The molecule has 0 atom stereocenters. The van der Waals surface area contributed by atoms with Crippen LogP contribution in [0.15, 0.2) is 42.1 Å². The Hall–Kier alpha value is -1.57. The van der Waals surface area contributed by atoms with Crippen molar-refractivity contribution in [1.82, 2.24) is 5.32 Å². The Bertz CT molecular complexity index is 354. The maximum Gasteiger partial charge on any atom is 0.255 e. The van der Waals surface area contributed by atoms with E-state index in [0.717, 1.165) is 30.5 Å². The molecule has 1 aliphatic carbocycles. The van der Waals surface area contributed by atoms with Gasteiger partial charge in [0, 0.05) is 11.3 Å². The maximum absolute atomic E-state index is 11.6. The summed E-state index contributed by atoms with van der Waals surface area (Å²) in [4.78, 5) is 11.6. The van der Waals surface area contributed by atoms with Gasteiger partial charge in [-0.15, -0.1) is 0 Å². The van der Waals surface area contributed by atoms with Gasteiger partial charge >= 0.3 is 0 Å². The number of hydrogen-bond donors (Lipinski definition) is 1. The van der Waals surface area contributed by atoms with Gasteiger partial charge in [-0.3, -0.25) is 4.79 Å². The van der Waals surface area contributed by atoms with Gasteiger partial charge in [-0.05, 0) is 31.4 Å². The van der Waals surface area contributed by atoms with Crippen LogP contribution in [-0.4, -0.2) is 5.91 Å². The summed E-state index contributed by atoms with van der Waals surface area (Å²) in [5.74, 6) is -0.00116. The molecule has 0 heterocycles. The van der Waals surface area contributed by atoms with E-state index in [1.807, 2.05) is 30.3 Å². The van der Waals surface area contributed by atoms with Gasteiger partial charge in [-0.25, -0.2) is 0 Å². The lowest BCUT2D eigenvalue weighted by Gasteiger charge is -2.04. The molecule has 2 rings (SSSR count). The summed E-state index contributed by atoms with van der Waals surface area (Å²) in [6.45, 7) is 0. The van der Waals surface area contributed by atoms with Crippen molar-refractivity contribution in [2.24, 2.45) is 0 Å². The predicted octanol–water partition coefficient (Wildman–Crippen LogP) is 2.48. The lowest BCUT2D eigenvalue weighted by molar-refractivity contribution is 0.0965. The number of allylic oxidation sites excluding steroid dienone is 2. The molecule has 2 nitrogen and oxygen atoms in total. The number of amides is 1. The number of nitrogens with one attached hydrogen (secondary N) is 1. The molecule has 14 heavy (non-hydrogen) atoms. The minimum Gasteiger partial charge on any atom is -0.326 e. The Morgan fingerprint density at radius 1 is 1.21 bits per heavy atom. The first-order chi connectivity index (χ1) is 6.86. The molecule has 0 radical (unpaired) electrons. The SMILES string of the molecule is O=C(NC1=CCCC1)c1ccccc1. The molecule has 0 aromatic heterocycles. The summed E-state index contributed by atoms with van der Waals surface area (Å²) >= 11 is 0. The fourth-order valence-electron chi connectivity index (χ4n) is 1.59. The first-order valence-electron chi connectivity index (χ1n) is 4.92. The highest BCUT2D eigenvalue weighted by atomic mass is 16.1. The topological polar surface area (TPSA) is 29.1 Å². The van der Waals surface area contributed by atoms with Crippen LogP contribution in [0.2, 0.25) is 0 Å². The van der Waals surface area contributed by atoms with Crippen molar-refractivity contribution >= 4 is 5.91 Å². The van der Waals surface area contributed by atoms with Crippen molar-refractivity contribution in [3.8, 4) is 0 Å². The Morgan fingerprint density at radius 3 is 2.64 bits per heavy atom. The molecule has 1 aromatic rings. The van der Waals surface area contributed by atoms with Crippen molar-refractivity contribution in [2.45, 2.75) is 19.3 Å². The zero-order valence-corrected chi connectivity index (χ0v) is 7.99. The minimum atomic E-state index is -0.00116. The molecule has 72 valence electrons. The monoisotopic (exact) mass is 187 g/mol. The van der Waals surface area contributed by atoms with E-state index in [2.05, 4.69) is 11.4 Å². The van der Waals surface area contributed by atoms with Gasteiger partial charge in [0.05, 0.1) is 0 Å². The highest BCUT2D eigenvalue weighted by molar-refractivity contribution is 5.95. The number of hydrogen-bond acceptors (Lipinski definition) is 1. The Kier molecular flexibility index (Phi) is 2.63. The van der Waals surface area contributed by atoms with Gasteiger partial charge in [-0.2, -0.15) is 0 Å². The van der Waals surface area contributed by atoms with Crippen LogP contribution in [0.3, 0.4) is 0 Å². The van der Waals surface area contributed by atoms with Crippen molar-refractivity contribution in [3.63, 3.8) is 0 Å². The van der Waals surface area contributed by atoms with Crippen LogP contribution in [0.1, 0.15) is 29.6 Å². The van der Waals surface area contributed by atoms with Gasteiger partial charge in [0.1, 0.15) is 0 Å². The van der Waals surface area contributed by atoms with Crippen LogP contribution < -0.4 is 5.32 Å². The molecular formula is C12H13NO. The van der Waals surface area contributed by atoms with Crippen molar-refractivity contribution in [2.75, 3.05) is 0 Å². The maximum atomic E-state index is 11.6. The second-order valence-corrected chi connectivity index (χ2v) is 3.44. The first-order valence-corrected chi connectivity index (χ1v) is 4.92. The van der Waals surface area contributed by atoms with E-state index in [9.17, 15) is 4.79 Å². The smallest absolute Gasteiger partial charge is 0.255 e. The molecule has 1 amide bonds. The molecule has 0 saturated carbocycles. The van der Waals surface area contributed by atoms with E-state index in [-0.39, 0.29) is 5.91 Å². The summed E-state index contributed by atoms with van der Waals surface area (Å²) in [5.41, 5.74) is 1.79. The van der Waals surface area contributed by atoms with Crippen molar-refractivity contribution in [3.05, 3.63) is 47.7 Å². The van der Waals surface area contributed by atoms with Crippen LogP contribution in [-0.2, 0) is 0 Å². The Labute approximate surface area is 83.6 Å². The van der Waals surface area contributed by atoms with E-state index >= 15 is 0 Å². The Balaban J connectivity index is 2.03. The quantitative estimate of drug-likeness (QED) is 0.757. The zero-order valence-electron chi connectivity index (χ0n) is 7.99. The third-order valence-corrected chi connectivity index (χ3v) is 2.35.